The highest BCUT2D eigenvalue weighted by atomic mass is 16.6. The van der Waals surface area contributed by atoms with Crippen molar-refractivity contribution in [2.45, 2.75) is 51.2 Å². The molecule has 0 radical (unpaired) electrons. The lowest BCUT2D eigenvalue weighted by molar-refractivity contribution is -0.167. The number of hydrogen-bond donors (Lipinski definition) is 0. The molecule has 150 valence electrons. The summed E-state index contributed by atoms with van der Waals surface area (Å²) in [5.41, 5.74) is -1.06. The molecule has 6 nitrogen and oxygen atoms in total. The van der Waals surface area contributed by atoms with Crippen molar-refractivity contribution in [1.29, 1.82) is 0 Å². The second-order valence-electron chi connectivity index (χ2n) is 9.49. The van der Waals surface area contributed by atoms with Crippen LogP contribution in [0.2, 0.25) is 0 Å². The summed E-state index contributed by atoms with van der Waals surface area (Å²) < 4.78 is 16.9. The predicted molar refractivity (Wildman–Crippen MR) is 97.6 cm³/mol. The van der Waals surface area contributed by atoms with E-state index in [2.05, 4.69) is 6.58 Å². The van der Waals surface area contributed by atoms with Gasteiger partial charge < -0.3 is 14.2 Å². The van der Waals surface area contributed by atoms with Gasteiger partial charge in [0.1, 0.15) is 17.1 Å². The third-order valence-electron chi connectivity index (χ3n) is 8.47. The Hall–Kier alpha value is -2.11. The van der Waals surface area contributed by atoms with E-state index in [9.17, 15) is 14.4 Å². The molecule has 28 heavy (non-hydrogen) atoms. The normalized spacial score (nSPS) is 50.0. The molecule has 6 heteroatoms. The van der Waals surface area contributed by atoms with E-state index in [0.717, 1.165) is 25.7 Å². The van der Waals surface area contributed by atoms with Crippen LogP contribution in [0.1, 0.15) is 39.5 Å². The first kappa shape index (κ1) is 18.0. The van der Waals surface area contributed by atoms with Crippen molar-refractivity contribution >= 4 is 17.9 Å². The molecule has 1 heterocycles. The molecule has 0 N–H and O–H groups in total. The van der Waals surface area contributed by atoms with E-state index in [0.29, 0.717) is 5.92 Å². The van der Waals surface area contributed by atoms with Crippen molar-refractivity contribution in [1.82, 2.24) is 0 Å². The number of carbonyl (C=O) groups excluding carboxylic acids is 3. The van der Waals surface area contributed by atoms with Gasteiger partial charge in [-0.15, -0.1) is 0 Å². The molecule has 0 amide bonds. The van der Waals surface area contributed by atoms with Crippen LogP contribution in [-0.2, 0) is 28.6 Å². The Balaban J connectivity index is 1.72. The fraction of sp³-hybridized carbons (Fsp3) is 0.682. The number of fused-ring (bicyclic) bond motifs is 1. The molecule has 1 aliphatic heterocycles. The van der Waals surface area contributed by atoms with Gasteiger partial charge in [-0.05, 0) is 56.1 Å². The summed E-state index contributed by atoms with van der Waals surface area (Å²) in [5.74, 6) is -1.58. The van der Waals surface area contributed by atoms with Gasteiger partial charge in [0, 0.05) is 18.8 Å². The topological polar surface area (TPSA) is 78.9 Å². The largest absolute Gasteiger partial charge is 0.469 e. The predicted octanol–water partition coefficient (Wildman–Crippen LogP) is 2.57. The molecule has 0 aromatic carbocycles. The number of carbonyl (C=O) groups is 3. The average Bonchev–Trinajstić information content (AvgIpc) is 3.10. The summed E-state index contributed by atoms with van der Waals surface area (Å²) in [4.78, 5) is 38.0. The van der Waals surface area contributed by atoms with Crippen molar-refractivity contribution in [3.63, 3.8) is 0 Å². The van der Waals surface area contributed by atoms with Crippen LogP contribution in [0.25, 0.3) is 0 Å². The van der Waals surface area contributed by atoms with Gasteiger partial charge in [0.2, 0.25) is 0 Å². The molecule has 5 aliphatic rings. The fourth-order valence-electron chi connectivity index (χ4n) is 7.58. The second kappa shape index (κ2) is 5.28. The molecular weight excluding hydrogens is 360 g/mol. The van der Waals surface area contributed by atoms with Gasteiger partial charge in [0.15, 0.2) is 0 Å². The van der Waals surface area contributed by atoms with Gasteiger partial charge in [0.05, 0.1) is 13.0 Å². The Morgan fingerprint density at radius 3 is 2.75 bits per heavy atom. The summed E-state index contributed by atoms with van der Waals surface area (Å²) in [7, 11) is 1.40. The molecule has 1 saturated heterocycles. The van der Waals surface area contributed by atoms with Gasteiger partial charge in [-0.2, -0.15) is 0 Å². The number of rotatable bonds is 2. The van der Waals surface area contributed by atoms with Crippen LogP contribution in [0.5, 0.6) is 0 Å². The van der Waals surface area contributed by atoms with Crippen LogP contribution in [0.15, 0.2) is 24.3 Å². The highest BCUT2D eigenvalue weighted by Crippen LogP contribution is 2.77. The summed E-state index contributed by atoms with van der Waals surface area (Å²) in [6.07, 6.45) is 6.50. The zero-order valence-electron chi connectivity index (χ0n) is 16.5. The van der Waals surface area contributed by atoms with Gasteiger partial charge >= 0.3 is 17.9 Å². The van der Waals surface area contributed by atoms with Crippen LogP contribution in [0, 0.1) is 34.5 Å². The summed E-state index contributed by atoms with van der Waals surface area (Å²) >= 11 is 0. The zero-order valence-corrected chi connectivity index (χ0v) is 16.5. The smallest absolute Gasteiger partial charge is 0.317 e. The molecule has 1 unspecified atom stereocenters. The van der Waals surface area contributed by atoms with Gasteiger partial charge in [-0.1, -0.05) is 12.2 Å². The molecule has 4 fully saturated rings. The minimum Gasteiger partial charge on any atom is -0.469 e. The number of hydrogen-bond acceptors (Lipinski definition) is 6. The molecule has 0 aromatic heterocycles. The Bertz CT molecular complexity index is 844. The molecule has 4 aliphatic carbocycles. The van der Waals surface area contributed by atoms with Crippen LogP contribution in [0.3, 0.4) is 0 Å². The Kier molecular flexibility index (Phi) is 3.38. The average molecular weight is 386 g/mol. The maximum atomic E-state index is 13.2. The molecule has 3 saturated carbocycles. The Labute approximate surface area is 164 Å². The van der Waals surface area contributed by atoms with Crippen molar-refractivity contribution in [3.05, 3.63) is 24.3 Å². The van der Waals surface area contributed by atoms with Crippen molar-refractivity contribution in [2.75, 3.05) is 7.11 Å². The van der Waals surface area contributed by atoms with Gasteiger partial charge in [-0.25, -0.2) is 0 Å². The van der Waals surface area contributed by atoms with E-state index in [4.69, 9.17) is 14.2 Å². The van der Waals surface area contributed by atoms with Crippen LogP contribution in [-0.4, -0.2) is 36.7 Å². The zero-order chi connectivity index (χ0) is 20.1. The summed E-state index contributed by atoms with van der Waals surface area (Å²) in [6.45, 7) is 7.40. The quantitative estimate of drug-likeness (QED) is 0.412. The number of allylic oxidation sites excluding steroid dienone is 1. The van der Waals surface area contributed by atoms with Crippen molar-refractivity contribution in [3.8, 4) is 0 Å². The van der Waals surface area contributed by atoms with Crippen LogP contribution in [0.4, 0.5) is 0 Å². The lowest BCUT2D eigenvalue weighted by Crippen LogP contribution is -2.52. The molecule has 0 aromatic rings. The van der Waals surface area contributed by atoms with Gasteiger partial charge in [0.25, 0.3) is 0 Å². The number of esters is 3. The first-order chi connectivity index (χ1) is 13.2. The SMILES string of the molecule is C=C1C[C@]23C[C@H]1CC[C@H]2C12C=C[C@H](OC(C)=O)[C@](C)(C(=O)O1)[C@H]2[C@@H]3C(=O)OC. The summed E-state index contributed by atoms with van der Waals surface area (Å²) in [6, 6.07) is 0. The maximum Gasteiger partial charge on any atom is 0.317 e. The molecule has 5 rings (SSSR count). The minimum absolute atomic E-state index is 0.0462. The maximum absolute atomic E-state index is 13.2. The van der Waals surface area contributed by atoms with E-state index in [1.54, 1.807) is 13.0 Å². The Morgan fingerprint density at radius 2 is 2.07 bits per heavy atom. The lowest BCUT2D eigenvalue weighted by Gasteiger charge is -2.42. The fourth-order valence-corrected chi connectivity index (χ4v) is 7.58. The first-order valence-corrected chi connectivity index (χ1v) is 10.1. The van der Waals surface area contributed by atoms with E-state index < -0.39 is 40.9 Å². The standard InChI is InChI=1S/C22H26O6/c1-11-9-21-10-13(11)5-6-14(21)22-8-7-15(27-12(2)23)20(3,19(25)28-22)17(22)16(21)18(24)26-4/h7-8,13-17H,1,5-6,9-10H2,2-4H3/t13-,14-,15+,16-,17-,20+,21+,22?/m1/s1. The highest BCUT2D eigenvalue weighted by Gasteiger charge is 2.83. The van der Waals surface area contributed by atoms with Crippen molar-refractivity contribution < 1.29 is 28.6 Å². The first-order valence-electron chi connectivity index (χ1n) is 10.1. The van der Waals surface area contributed by atoms with E-state index >= 15 is 0 Å². The van der Waals surface area contributed by atoms with E-state index in [1.165, 1.54) is 19.6 Å². The van der Waals surface area contributed by atoms with E-state index in [1.807, 2.05) is 6.08 Å². The lowest BCUT2D eigenvalue weighted by atomic mass is 9.61. The van der Waals surface area contributed by atoms with Crippen LogP contribution < -0.4 is 0 Å². The third-order valence-corrected chi connectivity index (χ3v) is 8.47. The molecule has 4 bridgehead atoms. The van der Waals surface area contributed by atoms with E-state index in [-0.39, 0.29) is 17.3 Å². The number of methoxy groups -OCH3 is 1. The van der Waals surface area contributed by atoms with Crippen molar-refractivity contribution in [2.24, 2.45) is 34.5 Å². The summed E-state index contributed by atoms with van der Waals surface area (Å²) in [5, 5.41) is 0. The number of ether oxygens (including phenoxy) is 3. The third kappa shape index (κ3) is 1.78. The minimum atomic E-state index is -1.11. The molecule has 1 spiro atoms. The highest BCUT2D eigenvalue weighted by molar-refractivity contribution is 5.87. The van der Waals surface area contributed by atoms with Gasteiger partial charge in [-0.3, -0.25) is 14.4 Å². The van der Waals surface area contributed by atoms with Crippen LogP contribution >= 0.6 is 0 Å². The monoisotopic (exact) mass is 386 g/mol. The molecule has 8 atom stereocenters. The second-order valence-corrected chi connectivity index (χ2v) is 9.49. The Morgan fingerprint density at radius 1 is 1.32 bits per heavy atom. The molecular formula is C22H26O6.